The summed E-state index contributed by atoms with van der Waals surface area (Å²) in [6, 6.07) is 14.2. The summed E-state index contributed by atoms with van der Waals surface area (Å²) in [7, 11) is 0. The quantitative estimate of drug-likeness (QED) is 0.493. The van der Waals surface area contributed by atoms with Crippen molar-refractivity contribution < 1.29 is 9.59 Å². The number of amides is 2. The van der Waals surface area contributed by atoms with Crippen molar-refractivity contribution in [3.8, 4) is 0 Å². The van der Waals surface area contributed by atoms with E-state index < -0.39 is 6.04 Å². The molecule has 0 bridgehead atoms. The van der Waals surface area contributed by atoms with E-state index in [-0.39, 0.29) is 11.8 Å². The molecule has 0 aliphatic carbocycles. The number of benzene rings is 2. The van der Waals surface area contributed by atoms with Crippen molar-refractivity contribution in [3.63, 3.8) is 0 Å². The van der Waals surface area contributed by atoms with Crippen molar-refractivity contribution in [1.82, 2.24) is 10.2 Å². The van der Waals surface area contributed by atoms with Crippen molar-refractivity contribution >= 4 is 23.6 Å². The molecule has 5 heteroatoms. The molecule has 2 aromatic rings. The van der Waals surface area contributed by atoms with Gasteiger partial charge in [0, 0.05) is 18.8 Å². The highest BCUT2D eigenvalue weighted by molar-refractivity contribution is 7.99. The smallest absolute Gasteiger partial charge is 0.242 e. The van der Waals surface area contributed by atoms with Gasteiger partial charge < -0.3 is 10.2 Å². The number of hydrogen-bond acceptors (Lipinski definition) is 3. The Morgan fingerprint density at radius 3 is 2.22 bits per heavy atom. The van der Waals surface area contributed by atoms with Crippen LogP contribution in [0, 0.1) is 26.7 Å². The van der Waals surface area contributed by atoms with Crippen LogP contribution in [-0.4, -0.2) is 35.1 Å². The van der Waals surface area contributed by atoms with E-state index in [4.69, 9.17) is 0 Å². The van der Waals surface area contributed by atoms with Crippen molar-refractivity contribution in [3.05, 3.63) is 70.3 Å². The Labute approximate surface area is 198 Å². The van der Waals surface area contributed by atoms with E-state index >= 15 is 0 Å². The average molecular weight is 455 g/mol. The number of aryl methyl sites for hydroxylation is 3. The van der Waals surface area contributed by atoms with E-state index in [1.165, 1.54) is 16.7 Å². The van der Waals surface area contributed by atoms with Gasteiger partial charge in [0.05, 0.1) is 5.75 Å². The predicted molar refractivity (Wildman–Crippen MR) is 136 cm³/mol. The van der Waals surface area contributed by atoms with Gasteiger partial charge in [-0.15, -0.1) is 11.8 Å². The monoisotopic (exact) mass is 454 g/mol. The topological polar surface area (TPSA) is 49.4 Å². The number of carbonyl (C=O) groups is 2. The van der Waals surface area contributed by atoms with Crippen molar-refractivity contribution in [1.29, 1.82) is 0 Å². The van der Waals surface area contributed by atoms with Gasteiger partial charge in [-0.05, 0) is 44.2 Å². The van der Waals surface area contributed by atoms with E-state index in [2.05, 4.69) is 57.3 Å². The molecule has 2 rings (SSSR count). The highest BCUT2D eigenvalue weighted by Crippen LogP contribution is 2.19. The third-order valence-corrected chi connectivity index (χ3v) is 6.27. The second-order valence-electron chi connectivity index (χ2n) is 9.06. The molecule has 0 aliphatic heterocycles. The van der Waals surface area contributed by atoms with Crippen LogP contribution in [0.25, 0.3) is 0 Å². The summed E-state index contributed by atoms with van der Waals surface area (Å²) in [5.41, 5.74) is 5.90. The molecule has 0 spiro atoms. The molecule has 0 fully saturated rings. The summed E-state index contributed by atoms with van der Waals surface area (Å²) >= 11 is 1.61. The lowest BCUT2D eigenvalue weighted by Gasteiger charge is -2.31. The highest BCUT2D eigenvalue weighted by atomic mass is 32.2. The lowest BCUT2D eigenvalue weighted by molar-refractivity contribution is -0.139. The van der Waals surface area contributed by atoms with Gasteiger partial charge >= 0.3 is 0 Å². The van der Waals surface area contributed by atoms with Gasteiger partial charge in [0.2, 0.25) is 11.8 Å². The zero-order chi connectivity index (χ0) is 23.7. The fourth-order valence-electron chi connectivity index (χ4n) is 3.84. The zero-order valence-corrected chi connectivity index (χ0v) is 21.2. The van der Waals surface area contributed by atoms with Crippen LogP contribution in [0.1, 0.15) is 55.0 Å². The second kappa shape index (κ2) is 12.7. The van der Waals surface area contributed by atoms with Crippen LogP contribution in [-0.2, 0) is 21.9 Å². The molecule has 1 N–H and O–H groups in total. The maximum absolute atomic E-state index is 13.3. The maximum atomic E-state index is 13.3. The van der Waals surface area contributed by atoms with E-state index in [0.717, 1.165) is 16.9 Å². The number of carbonyl (C=O) groups excluding carboxylic acids is 2. The molecule has 2 aromatic carbocycles. The minimum atomic E-state index is -0.469. The standard InChI is InChI=1S/C27H38N2O2S/c1-7-25(27(31)28-15-19(2)3)29(16-23-10-8-9-20(4)12-23)26(30)18-32-17-24-13-21(5)11-22(6)14-24/h8-14,19,25H,7,15-18H2,1-6H3,(H,28,31). The lowest BCUT2D eigenvalue weighted by Crippen LogP contribution is -2.50. The number of rotatable bonds is 11. The minimum absolute atomic E-state index is 0.00688. The summed E-state index contributed by atoms with van der Waals surface area (Å²) in [6.07, 6.45) is 0.587. The Balaban J connectivity index is 2.13. The number of nitrogens with one attached hydrogen (secondary N) is 1. The Morgan fingerprint density at radius 2 is 1.62 bits per heavy atom. The SMILES string of the molecule is CCC(C(=O)NCC(C)C)N(Cc1cccc(C)c1)C(=O)CSCc1cc(C)cc(C)c1. The van der Waals surface area contributed by atoms with Crippen LogP contribution in [0.2, 0.25) is 0 Å². The number of hydrogen-bond donors (Lipinski definition) is 1. The van der Waals surface area contributed by atoms with E-state index in [0.29, 0.717) is 31.2 Å². The normalized spacial score (nSPS) is 12.0. The Hall–Kier alpha value is -2.27. The summed E-state index contributed by atoms with van der Waals surface area (Å²) < 4.78 is 0. The summed E-state index contributed by atoms with van der Waals surface area (Å²) in [5, 5.41) is 3.02. The fourth-order valence-corrected chi connectivity index (χ4v) is 4.69. The van der Waals surface area contributed by atoms with Crippen LogP contribution >= 0.6 is 11.8 Å². The predicted octanol–water partition coefficient (Wildman–Crippen LogP) is 5.42. The molecular weight excluding hydrogens is 416 g/mol. The van der Waals surface area contributed by atoms with Crippen molar-refractivity contribution in [2.24, 2.45) is 5.92 Å². The molecule has 0 heterocycles. The first kappa shape index (κ1) is 26.0. The summed E-state index contributed by atoms with van der Waals surface area (Å²) in [4.78, 5) is 28.0. The number of nitrogens with zero attached hydrogens (tertiary/aromatic N) is 1. The number of thioether (sulfide) groups is 1. The lowest BCUT2D eigenvalue weighted by atomic mass is 10.1. The van der Waals surface area contributed by atoms with Gasteiger partial charge in [-0.1, -0.05) is 79.9 Å². The Kier molecular flexibility index (Phi) is 10.3. The van der Waals surface area contributed by atoms with Gasteiger partial charge in [-0.25, -0.2) is 0 Å². The first-order valence-electron chi connectivity index (χ1n) is 11.5. The van der Waals surface area contributed by atoms with Crippen LogP contribution in [0.15, 0.2) is 42.5 Å². The Bertz CT molecular complexity index is 890. The molecule has 0 radical (unpaired) electrons. The van der Waals surface area contributed by atoms with Gasteiger partial charge in [0.15, 0.2) is 0 Å². The molecule has 0 saturated carbocycles. The van der Waals surface area contributed by atoms with E-state index in [1.807, 2.05) is 32.0 Å². The molecule has 1 atom stereocenters. The third-order valence-electron chi connectivity index (χ3n) is 5.28. The molecule has 1 unspecified atom stereocenters. The van der Waals surface area contributed by atoms with Gasteiger partial charge in [-0.3, -0.25) is 9.59 Å². The molecule has 174 valence electrons. The van der Waals surface area contributed by atoms with Crippen molar-refractivity contribution in [2.75, 3.05) is 12.3 Å². The molecule has 0 aliphatic rings. The molecule has 2 amide bonds. The first-order chi connectivity index (χ1) is 15.2. The third kappa shape index (κ3) is 8.34. The molecule has 4 nitrogen and oxygen atoms in total. The van der Waals surface area contributed by atoms with Crippen LogP contribution in [0.4, 0.5) is 0 Å². The minimum Gasteiger partial charge on any atom is -0.354 e. The second-order valence-corrected chi connectivity index (χ2v) is 10.0. The first-order valence-corrected chi connectivity index (χ1v) is 12.6. The van der Waals surface area contributed by atoms with Crippen LogP contribution < -0.4 is 5.32 Å². The van der Waals surface area contributed by atoms with Crippen molar-refractivity contribution in [2.45, 2.75) is 66.3 Å². The molecule has 32 heavy (non-hydrogen) atoms. The van der Waals surface area contributed by atoms with Crippen LogP contribution in [0.3, 0.4) is 0 Å². The summed E-state index contributed by atoms with van der Waals surface area (Å²) in [6.45, 7) is 13.4. The van der Waals surface area contributed by atoms with Crippen LogP contribution in [0.5, 0.6) is 0 Å². The maximum Gasteiger partial charge on any atom is 0.242 e. The Morgan fingerprint density at radius 1 is 0.969 bits per heavy atom. The molecule has 0 aromatic heterocycles. The van der Waals surface area contributed by atoms with Gasteiger partial charge in [0.25, 0.3) is 0 Å². The average Bonchev–Trinajstić information content (AvgIpc) is 2.71. The highest BCUT2D eigenvalue weighted by Gasteiger charge is 2.28. The van der Waals surface area contributed by atoms with Gasteiger partial charge in [-0.2, -0.15) is 0 Å². The van der Waals surface area contributed by atoms with E-state index in [1.54, 1.807) is 16.7 Å². The molecular formula is C27H38N2O2S. The summed E-state index contributed by atoms with van der Waals surface area (Å²) in [5.74, 6) is 1.44. The largest absolute Gasteiger partial charge is 0.354 e. The fraction of sp³-hybridized carbons (Fsp3) is 0.481. The zero-order valence-electron chi connectivity index (χ0n) is 20.4. The van der Waals surface area contributed by atoms with Gasteiger partial charge in [0.1, 0.15) is 6.04 Å². The molecule has 0 saturated heterocycles. The van der Waals surface area contributed by atoms with E-state index in [9.17, 15) is 9.59 Å².